The molecule has 1 heterocycles. The van der Waals surface area contributed by atoms with Crippen LogP contribution < -0.4 is 5.32 Å². The number of rotatable bonds is 5. The average molecular weight is 305 g/mol. The highest BCUT2D eigenvalue weighted by atomic mass is 32.1. The number of carbonyl (C=O) groups is 2. The summed E-state index contributed by atoms with van der Waals surface area (Å²) in [5.41, 5.74) is -0.446. The number of carboxylic acid groups (broad SMARTS) is 1. The molecule has 7 heteroatoms. The monoisotopic (exact) mass is 305 g/mol. The van der Waals surface area contributed by atoms with Crippen molar-refractivity contribution in [2.75, 3.05) is 0 Å². The number of aromatic nitrogens is 2. The number of nitrogens with zero attached hydrogens (tertiary/aromatic N) is 2. The Morgan fingerprint density at radius 2 is 2.00 bits per heavy atom. The molecule has 2 N–H and O–H groups in total. The molecule has 1 atom stereocenters. The van der Waals surface area contributed by atoms with Crippen LogP contribution >= 0.6 is 11.5 Å². The first-order chi connectivity index (χ1) is 10.0. The summed E-state index contributed by atoms with van der Waals surface area (Å²) in [4.78, 5) is 24.5. The van der Waals surface area contributed by atoms with E-state index in [0.29, 0.717) is 16.1 Å². The van der Waals surface area contributed by atoms with E-state index >= 15 is 0 Å². The predicted octanol–water partition coefficient (Wildman–Crippen LogP) is 1.97. The minimum Gasteiger partial charge on any atom is -0.479 e. The van der Waals surface area contributed by atoms with Gasteiger partial charge in [-0.3, -0.25) is 4.79 Å². The van der Waals surface area contributed by atoms with Gasteiger partial charge >= 0.3 is 5.97 Å². The molecule has 0 fully saturated rings. The van der Waals surface area contributed by atoms with Gasteiger partial charge in [0.1, 0.15) is 4.88 Å². The van der Waals surface area contributed by atoms with Crippen LogP contribution in [0.2, 0.25) is 0 Å². The van der Waals surface area contributed by atoms with Crippen LogP contribution in [0.25, 0.3) is 0 Å². The topological polar surface area (TPSA) is 92.2 Å². The zero-order valence-electron chi connectivity index (χ0n) is 11.7. The lowest BCUT2D eigenvalue weighted by molar-refractivity contribution is -0.145. The maximum absolute atomic E-state index is 12.3. The third-order valence-electron chi connectivity index (χ3n) is 3.35. The Bertz CT molecular complexity index is 656. The van der Waals surface area contributed by atoms with Gasteiger partial charge in [-0.05, 0) is 30.4 Å². The van der Waals surface area contributed by atoms with E-state index in [2.05, 4.69) is 14.9 Å². The normalized spacial score (nSPS) is 13.4. The summed E-state index contributed by atoms with van der Waals surface area (Å²) in [5.74, 6) is -1.57. The Kier molecular flexibility index (Phi) is 4.32. The number of hydrogen-bond donors (Lipinski definition) is 2. The number of carbonyl (C=O) groups excluding carboxylic acids is 1. The quantitative estimate of drug-likeness (QED) is 0.881. The van der Waals surface area contributed by atoms with E-state index in [-0.39, 0.29) is 6.42 Å². The smallest absolute Gasteiger partial charge is 0.334 e. The Hall–Kier alpha value is -2.28. The van der Waals surface area contributed by atoms with Gasteiger partial charge in [-0.15, -0.1) is 5.10 Å². The largest absolute Gasteiger partial charge is 0.479 e. The van der Waals surface area contributed by atoms with Crippen molar-refractivity contribution in [2.45, 2.75) is 25.8 Å². The Morgan fingerprint density at radius 1 is 1.33 bits per heavy atom. The molecule has 0 aliphatic heterocycles. The fourth-order valence-electron chi connectivity index (χ4n) is 2.11. The molecule has 0 unspecified atom stereocenters. The lowest BCUT2D eigenvalue weighted by Crippen LogP contribution is -2.51. The molecule has 0 aliphatic carbocycles. The fourth-order valence-corrected chi connectivity index (χ4v) is 2.66. The first-order valence-corrected chi connectivity index (χ1v) is 7.19. The molecule has 1 aromatic carbocycles. The van der Waals surface area contributed by atoms with E-state index in [0.717, 1.165) is 11.5 Å². The second kappa shape index (κ2) is 6.01. The lowest BCUT2D eigenvalue weighted by atomic mass is 9.87. The van der Waals surface area contributed by atoms with Crippen LogP contribution in [0.1, 0.15) is 34.3 Å². The highest BCUT2D eigenvalue weighted by Crippen LogP contribution is 2.26. The van der Waals surface area contributed by atoms with Gasteiger partial charge in [0.2, 0.25) is 0 Å². The molecule has 0 bridgehead atoms. The molecule has 0 saturated carbocycles. The van der Waals surface area contributed by atoms with Crippen molar-refractivity contribution >= 4 is 23.4 Å². The minimum atomic E-state index is -1.46. The summed E-state index contributed by atoms with van der Waals surface area (Å²) >= 11 is 0.950. The summed E-state index contributed by atoms with van der Waals surface area (Å²) in [5, 5.41) is 16.1. The van der Waals surface area contributed by atoms with Gasteiger partial charge in [0.15, 0.2) is 5.54 Å². The van der Waals surface area contributed by atoms with Gasteiger partial charge in [-0.25, -0.2) is 4.79 Å². The van der Waals surface area contributed by atoms with Gasteiger partial charge in [-0.2, -0.15) is 0 Å². The van der Waals surface area contributed by atoms with Gasteiger partial charge in [0, 0.05) is 0 Å². The van der Waals surface area contributed by atoms with Crippen LogP contribution in [-0.2, 0) is 10.3 Å². The SMILES string of the molecule is CC[C@@](NC(=O)c1snnc1C)(C(=O)O)c1ccccc1. The molecule has 6 nitrogen and oxygen atoms in total. The molecule has 2 aromatic rings. The Morgan fingerprint density at radius 3 is 2.48 bits per heavy atom. The number of carboxylic acids is 1. The van der Waals surface area contributed by atoms with Crippen molar-refractivity contribution in [2.24, 2.45) is 0 Å². The Balaban J connectivity index is 2.41. The molecule has 0 radical (unpaired) electrons. The first kappa shape index (κ1) is 15.1. The maximum Gasteiger partial charge on any atom is 0.334 e. The summed E-state index contributed by atoms with van der Waals surface area (Å²) in [6, 6.07) is 8.67. The highest BCUT2D eigenvalue weighted by molar-refractivity contribution is 7.08. The molecule has 2 rings (SSSR count). The number of aryl methyl sites for hydroxylation is 1. The van der Waals surface area contributed by atoms with E-state index in [1.165, 1.54) is 0 Å². The van der Waals surface area contributed by atoms with Crippen molar-refractivity contribution in [1.29, 1.82) is 0 Å². The number of benzene rings is 1. The van der Waals surface area contributed by atoms with E-state index in [1.54, 1.807) is 44.2 Å². The Labute approximate surface area is 126 Å². The van der Waals surface area contributed by atoms with Crippen LogP contribution in [0.15, 0.2) is 30.3 Å². The van der Waals surface area contributed by atoms with Crippen LogP contribution in [0.5, 0.6) is 0 Å². The van der Waals surface area contributed by atoms with Crippen LogP contribution in [0.3, 0.4) is 0 Å². The van der Waals surface area contributed by atoms with Gasteiger partial charge in [0.05, 0.1) is 5.69 Å². The van der Waals surface area contributed by atoms with E-state index in [9.17, 15) is 14.7 Å². The summed E-state index contributed by atoms with van der Waals surface area (Å²) in [7, 11) is 0. The number of aliphatic carboxylic acids is 1. The van der Waals surface area contributed by atoms with Crippen molar-refractivity contribution in [3.05, 3.63) is 46.5 Å². The molecule has 0 aliphatic rings. The average Bonchev–Trinajstić information content (AvgIpc) is 2.91. The van der Waals surface area contributed by atoms with Gasteiger partial charge < -0.3 is 10.4 Å². The van der Waals surface area contributed by atoms with Crippen molar-refractivity contribution in [1.82, 2.24) is 14.9 Å². The molecular weight excluding hydrogens is 290 g/mol. The molecule has 1 amide bonds. The molecule has 0 saturated heterocycles. The molecular formula is C14H15N3O3S. The first-order valence-electron chi connectivity index (χ1n) is 6.41. The maximum atomic E-state index is 12.3. The zero-order chi connectivity index (χ0) is 15.5. The molecule has 0 spiro atoms. The van der Waals surface area contributed by atoms with Crippen molar-refractivity contribution in [3.8, 4) is 0 Å². The molecule has 21 heavy (non-hydrogen) atoms. The predicted molar refractivity (Wildman–Crippen MR) is 78.2 cm³/mol. The standard InChI is InChI=1S/C14H15N3O3S/c1-3-14(13(19)20,10-7-5-4-6-8-10)15-12(18)11-9(2)16-17-21-11/h4-8H,3H2,1-2H3,(H,15,18)(H,19,20)/t14-/m0/s1. The summed E-state index contributed by atoms with van der Waals surface area (Å²) in [6.07, 6.45) is 0.226. The van der Waals surface area contributed by atoms with E-state index < -0.39 is 17.4 Å². The van der Waals surface area contributed by atoms with Crippen LogP contribution in [0, 0.1) is 6.92 Å². The van der Waals surface area contributed by atoms with E-state index in [1.807, 2.05) is 0 Å². The lowest BCUT2D eigenvalue weighted by Gasteiger charge is -2.29. The number of amides is 1. The number of nitrogens with one attached hydrogen (secondary N) is 1. The second-order valence-corrected chi connectivity index (χ2v) is 5.33. The van der Waals surface area contributed by atoms with Crippen LogP contribution in [0.4, 0.5) is 0 Å². The summed E-state index contributed by atoms with van der Waals surface area (Å²) < 4.78 is 3.70. The van der Waals surface area contributed by atoms with Gasteiger partial charge in [0.25, 0.3) is 5.91 Å². The minimum absolute atomic E-state index is 0.226. The molecule has 110 valence electrons. The third kappa shape index (κ3) is 2.78. The van der Waals surface area contributed by atoms with Crippen molar-refractivity contribution < 1.29 is 14.7 Å². The molecule has 1 aromatic heterocycles. The highest BCUT2D eigenvalue weighted by Gasteiger charge is 2.40. The fraction of sp³-hybridized carbons (Fsp3) is 0.286. The number of hydrogen-bond acceptors (Lipinski definition) is 5. The van der Waals surface area contributed by atoms with Crippen LogP contribution in [-0.4, -0.2) is 26.6 Å². The van der Waals surface area contributed by atoms with Gasteiger partial charge in [-0.1, -0.05) is 41.7 Å². The second-order valence-electron chi connectivity index (χ2n) is 4.57. The van der Waals surface area contributed by atoms with E-state index in [4.69, 9.17) is 0 Å². The summed E-state index contributed by atoms with van der Waals surface area (Å²) in [6.45, 7) is 3.38. The van der Waals surface area contributed by atoms with Crippen molar-refractivity contribution in [3.63, 3.8) is 0 Å². The third-order valence-corrected chi connectivity index (χ3v) is 4.17. The zero-order valence-corrected chi connectivity index (χ0v) is 12.5.